The fourth-order valence-electron chi connectivity index (χ4n) is 3.23. The van der Waals surface area contributed by atoms with Crippen LogP contribution in [-0.2, 0) is 11.2 Å². The molecule has 2 atom stereocenters. The summed E-state index contributed by atoms with van der Waals surface area (Å²) >= 11 is 0. The third-order valence-electron chi connectivity index (χ3n) is 4.45. The lowest BCUT2D eigenvalue weighted by molar-refractivity contribution is -0.121. The molecule has 124 valence electrons. The second kappa shape index (κ2) is 6.35. The van der Waals surface area contributed by atoms with Crippen molar-refractivity contribution >= 4 is 17.6 Å². The van der Waals surface area contributed by atoms with Gasteiger partial charge < -0.3 is 16.0 Å². The van der Waals surface area contributed by atoms with Crippen LogP contribution in [-0.4, -0.2) is 18.0 Å². The van der Waals surface area contributed by atoms with Gasteiger partial charge in [-0.3, -0.25) is 4.79 Å². The maximum absolute atomic E-state index is 13.0. The largest absolute Gasteiger partial charge is 0.352 e. The monoisotopic (exact) mass is 323 g/mol. The molecule has 1 aliphatic rings. The third kappa shape index (κ3) is 2.97. The molecule has 0 unspecified atom stereocenters. The quantitative estimate of drug-likeness (QED) is 0.911. The number of benzene rings is 2. The van der Waals surface area contributed by atoms with Crippen molar-refractivity contribution in [2.45, 2.75) is 32.4 Å². The van der Waals surface area contributed by atoms with Crippen molar-refractivity contribution in [1.29, 1.82) is 0 Å². The zero-order valence-corrected chi connectivity index (χ0v) is 13.8. The lowest BCUT2D eigenvalue weighted by atomic mass is 9.93. The molecule has 0 radical (unpaired) electrons. The fraction of sp³-hybridized carbons (Fsp3) is 0.263. The summed E-state index contributed by atoms with van der Waals surface area (Å²) in [5, 5.41) is 2.57. The lowest BCUT2D eigenvalue weighted by Crippen LogP contribution is -2.54. The number of fused-ring (bicyclic) bond motifs is 1. The standard InChI is InChI=1S/C19H21N3O2/c1-12-8-9-15-11-16(21-19(20)24)18(23)22(17(15)10-12)13(2)14-6-4-3-5-7-14/h3-10,13,16H,11H2,1-2H3,(H3,20,21,24)/t13-,16+/m0/s1. The Hall–Kier alpha value is -2.82. The van der Waals surface area contributed by atoms with Crippen LogP contribution in [0.15, 0.2) is 48.5 Å². The normalized spacial score (nSPS) is 18.0. The topological polar surface area (TPSA) is 75.4 Å². The van der Waals surface area contributed by atoms with Crippen LogP contribution < -0.4 is 16.0 Å². The van der Waals surface area contributed by atoms with Crippen LogP contribution in [0.3, 0.4) is 0 Å². The number of carbonyl (C=O) groups excluding carboxylic acids is 2. The van der Waals surface area contributed by atoms with E-state index in [9.17, 15) is 9.59 Å². The van der Waals surface area contributed by atoms with E-state index in [4.69, 9.17) is 5.73 Å². The highest BCUT2D eigenvalue weighted by Gasteiger charge is 2.36. The molecular formula is C19H21N3O2. The zero-order valence-electron chi connectivity index (χ0n) is 13.8. The van der Waals surface area contributed by atoms with Crippen LogP contribution in [0.4, 0.5) is 10.5 Å². The number of carbonyl (C=O) groups is 2. The van der Waals surface area contributed by atoms with Crippen molar-refractivity contribution in [2.24, 2.45) is 5.73 Å². The van der Waals surface area contributed by atoms with Crippen molar-refractivity contribution in [3.8, 4) is 0 Å². The molecule has 2 aromatic rings. The summed E-state index contributed by atoms with van der Waals surface area (Å²) in [6.07, 6.45) is 0.454. The molecule has 2 aromatic carbocycles. The van der Waals surface area contributed by atoms with Gasteiger partial charge in [0.05, 0.1) is 6.04 Å². The van der Waals surface area contributed by atoms with Gasteiger partial charge in [0.1, 0.15) is 6.04 Å². The molecular weight excluding hydrogens is 302 g/mol. The average Bonchev–Trinajstić information content (AvgIpc) is 2.56. The molecule has 1 aliphatic heterocycles. The lowest BCUT2D eigenvalue weighted by Gasteiger charge is -2.38. The van der Waals surface area contributed by atoms with E-state index in [-0.39, 0.29) is 11.9 Å². The number of aryl methyl sites for hydroxylation is 1. The van der Waals surface area contributed by atoms with Crippen LogP contribution >= 0.6 is 0 Å². The van der Waals surface area contributed by atoms with E-state index in [2.05, 4.69) is 5.32 Å². The number of nitrogens with one attached hydrogen (secondary N) is 1. The summed E-state index contributed by atoms with van der Waals surface area (Å²) in [6, 6.07) is 14.4. The highest BCUT2D eigenvalue weighted by Crippen LogP contribution is 2.35. The highest BCUT2D eigenvalue weighted by molar-refractivity contribution is 6.02. The van der Waals surface area contributed by atoms with Gasteiger partial charge in [0.25, 0.3) is 5.91 Å². The Balaban J connectivity index is 2.06. The Labute approximate surface area is 141 Å². The van der Waals surface area contributed by atoms with Crippen molar-refractivity contribution < 1.29 is 9.59 Å². The van der Waals surface area contributed by atoms with E-state index in [0.29, 0.717) is 6.42 Å². The molecule has 0 aliphatic carbocycles. The third-order valence-corrected chi connectivity index (χ3v) is 4.45. The van der Waals surface area contributed by atoms with Crippen molar-refractivity contribution in [3.05, 3.63) is 65.2 Å². The summed E-state index contributed by atoms with van der Waals surface area (Å²) in [5.41, 5.74) is 9.30. The van der Waals surface area contributed by atoms with E-state index < -0.39 is 12.1 Å². The van der Waals surface area contributed by atoms with Crippen LogP contribution in [0.2, 0.25) is 0 Å². The Kier molecular flexibility index (Phi) is 4.25. The van der Waals surface area contributed by atoms with E-state index >= 15 is 0 Å². The molecule has 3 N–H and O–H groups in total. The molecule has 3 amide bonds. The molecule has 0 fully saturated rings. The van der Waals surface area contributed by atoms with Gasteiger partial charge in [-0.2, -0.15) is 0 Å². The fourth-order valence-corrected chi connectivity index (χ4v) is 3.23. The summed E-state index contributed by atoms with van der Waals surface area (Å²) < 4.78 is 0. The molecule has 0 aromatic heterocycles. The highest BCUT2D eigenvalue weighted by atomic mass is 16.2. The second-order valence-corrected chi connectivity index (χ2v) is 6.19. The van der Waals surface area contributed by atoms with Gasteiger partial charge in [0, 0.05) is 12.1 Å². The second-order valence-electron chi connectivity index (χ2n) is 6.19. The van der Waals surface area contributed by atoms with Gasteiger partial charge in [0.15, 0.2) is 0 Å². The first kappa shape index (κ1) is 16.1. The number of nitrogens with zero attached hydrogens (tertiary/aromatic N) is 1. The maximum atomic E-state index is 13.0. The number of urea groups is 1. The predicted molar refractivity (Wildman–Crippen MR) is 93.7 cm³/mol. The van der Waals surface area contributed by atoms with Gasteiger partial charge in [0.2, 0.25) is 0 Å². The van der Waals surface area contributed by atoms with Gasteiger partial charge in [-0.15, -0.1) is 0 Å². The van der Waals surface area contributed by atoms with Gasteiger partial charge in [-0.05, 0) is 36.6 Å². The van der Waals surface area contributed by atoms with Crippen LogP contribution in [0.5, 0.6) is 0 Å². The van der Waals surface area contributed by atoms with Crippen LogP contribution in [0.25, 0.3) is 0 Å². The minimum atomic E-state index is -0.684. The predicted octanol–water partition coefficient (Wildman–Crippen LogP) is 2.68. The van der Waals surface area contributed by atoms with Crippen molar-refractivity contribution in [3.63, 3.8) is 0 Å². The average molecular weight is 323 g/mol. The summed E-state index contributed by atoms with van der Waals surface area (Å²) in [7, 11) is 0. The molecule has 5 heteroatoms. The molecule has 24 heavy (non-hydrogen) atoms. The number of rotatable bonds is 3. The minimum Gasteiger partial charge on any atom is -0.352 e. The number of anilines is 1. The molecule has 0 saturated carbocycles. The maximum Gasteiger partial charge on any atom is 0.312 e. The summed E-state index contributed by atoms with van der Waals surface area (Å²) in [5.74, 6) is -0.136. The number of nitrogens with two attached hydrogens (primary N) is 1. The first-order valence-corrected chi connectivity index (χ1v) is 8.01. The van der Waals surface area contributed by atoms with Gasteiger partial charge in [-0.1, -0.05) is 42.5 Å². The molecule has 3 rings (SSSR count). The van der Waals surface area contributed by atoms with Crippen LogP contribution in [0.1, 0.15) is 29.7 Å². The molecule has 0 spiro atoms. The number of primary amides is 1. The number of amides is 3. The van der Waals surface area contributed by atoms with Gasteiger partial charge >= 0.3 is 6.03 Å². The number of hydrogen-bond donors (Lipinski definition) is 2. The Morgan fingerprint density at radius 3 is 2.62 bits per heavy atom. The van der Waals surface area contributed by atoms with Crippen molar-refractivity contribution in [2.75, 3.05) is 4.90 Å². The first-order valence-electron chi connectivity index (χ1n) is 8.01. The van der Waals surface area contributed by atoms with E-state index in [1.165, 1.54) is 0 Å². The zero-order chi connectivity index (χ0) is 17.3. The summed E-state index contributed by atoms with van der Waals surface area (Å²) in [6.45, 7) is 4.00. The molecule has 5 nitrogen and oxygen atoms in total. The molecule has 0 saturated heterocycles. The first-order chi connectivity index (χ1) is 11.5. The van der Waals surface area contributed by atoms with Gasteiger partial charge in [-0.25, -0.2) is 4.79 Å². The van der Waals surface area contributed by atoms with E-state index in [1.54, 1.807) is 4.90 Å². The Morgan fingerprint density at radius 2 is 1.96 bits per heavy atom. The smallest absolute Gasteiger partial charge is 0.312 e. The SMILES string of the molecule is Cc1ccc2c(c1)N([C@@H](C)c1ccccc1)C(=O)[C@H](NC(N)=O)C2. The number of hydrogen-bond acceptors (Lipinski definition) is 2. The minimum absolute atomic E-state index is 0.136. The molecule has 1 heterocycles. The molecule has 0 bridgehead atoms. The Morgan fingerprint density at radius 1 is 1.25 bits per heavy atom. The van der Waals surface area contributed by atoms with E-state index in [0.717, 1.165) is 22.4 Å². The summed E-state index contributed by atoms with van der Waals surface area (Å²) in [4.78, 5) is 26.0. The van der Waals surface area contributed by atoms with Crippen molar-refractivity contribution in [1.82, 2.24) is 5.32 Å². The Bertz CT molecular complexity index is 773. The van der Waals surface area contributed by atoms with E-state index in [1.807, 2.05) is 62.4 Å². The van der Waals surface area contributed by atoms with Crippen LogP contribution in [0, 0.1) is 6.92 Å².